The maximum Gasteiger partial charge on any atom is 0.217 e. The van der Waals surface area contributed by atoms with Gasteiger partial charge in [-0.3, -0.25) is 19.2 Å². The van der Waals surface area contributed by atoms with Gasteiger partial charge in [-0.05, 0) is 13.8 Å². The van der Waals surface area contributed by atoms with Gasteiger partial charge in [0.1, 0.15) is 232 Å². The molecule has 10 aliphatic heterocycles. The second kappa shape index (κ2) is 43.0. The lowest BCUT2D eigenvalue weighted by atomic mass is 9.93. The minimum absolute atomic E-state index is 0.843. The average Bonchev–Trinajstić information content (AvgIpc) is 0.766. The van der Waals surface area contributed by atoms with Gasteiger partial charge in [0.25, 0.3) is 0 Å². The predicted molar refractivity (Wildman–Crippen MR) is 373 cm³/mol. The Morgan fingerprint density at radius 1 is 0.231 bits per heavy atom. The first-order valence-electron chi connectivity index (χ1n) is 38.8. The minimum Gasteiger partial charge on any atom is -0.394 e. The fourth-order valence-corrected chi connectivity index (χ4v) is 15.7. The van der Waals surface area contributed by atoms with Crippen LogP contribution in [0, 0.1) is 0 Å². The van der Waals surface area contributed by atoms with Crippen LogP contribution in [-0.4, -0.2) is 516 Å². The van der Waals surface area contributed by atoms with Crippen LogP contribution < -0.4 is 21.3 Å². The molecule has 0 aliphatic carbocycles. The van der Waals surface area contributed by atoms with Gasteiger partial charge in [-0.1, -0.05) is 0 Å². The Labute approximate surface area is 686 Å². The summed E-state index contributed by atoms with van der Waals surface area (Å²) in [5, 5.41) is 301. The number of hydrogen-bond acceptors (Lipinski definition) is 49. The first kappa shape index (κ1) is 99.2. The molecular formula is C68H114N4O49. The van der Waals surface area contributed by atoms with Gasteiger partial charge in [0, 0.05) is 27.7 Å². The van der Waals surface area contributed by atoms with Gasteiger partial charge in [0.15, 0.2) is 62.9 Å². The van der Waals surface area contributed by atoms with Crippen molar-refractivity contribution < 1.29 is 242 Å². The zero-order chi connectivity index (χ0) is 89.1. The van der Waals surface area contributed by atoms with E-state index in [1.165, 1.54) is 13.8 Å². The standard InChI is InChI=1S/C68H114N4O49/c1-15-33(83)43(93)48(98)63(105-15)103-14-28-53(41(91)29(59(102)107-28)69-17(3)79)115-61-31(71-19(5)81)42(92)52(25(11-77)112-61)116-66-51(101)56(39(89)27(114-66)13-104-67-57(46(96)37(87)23(9-75)110-67)120-60-30(70-18(4)80)40(90)35(85)21(7-73)108-60)119-68-58(47(97)38(88)24(10-76)111-68)121-62-32(72-20(6)82)55(118-64-49(99)44(94)34(84)16(2)106-64)54(26(12-78)113-62)117-65-50(100)45(95)36(86)22(8-74)109-65/h15-16,21-68,73-78,83-102H,7-14H2,1-6H3,(H,69,79)(H,70,80)(H,71,81)(H,72,82)/t15-,16+,21-,22-,23-,24-,25-,26-,27-,28-,29-,30-,31-,32+,33+,34-,35-,36+,37-,38-,39-,40-,41-,42-,43+,44-,45+,46+,47+,48-,49+,50-,51+,52-,53-,54-,55-,56+,57+,58+,59-,60+,61+,62+,63+,64+,65+,66+,67+,68-/m1/s1. The highest BCUT2D eigenvalue weighted by Gasteiger charge is 2.62. The first-order chi connectivity index (χ1) is 57.1. The predicted octanol–water partition coefficient (Wildman–Crippen LogP) is -20.2. The van der Waals surface area contributed by atoms with Gasteiger partial charge in [-0.2, -0.15) is 0 Å². The van der Waals surface area contributed by atoms with E-state index in [0.717, 1.165) is 27.7 Å². The molecule has 10 heterocycles. The summed E-state index contributed by atoms with van der Waals surface area (Å²) in [5.74, 6) is -3.72. The summed E-state index contributed by atoms with van der Waals surface area (Å²) in [5.41, 5.74) is 0. The maximum atomic E-state index is 13.5. The van der Waals surface area contributed by atoms with Crippen LogP contribution in [-0.2, 0) is 109 Å². The van der Waals surface area contributed by atoms with E-state index in [-0.39, 0.29) is 0 Å². The molecular weight excluding hydrogens is 1660 g/mol. The van der Waals surface area contributed by atoms with Crippen molar-refractivity contribution in [1.82, 2.24) is 21.3 Å². The van der Waals surface area contributed by atoms with Gasteiger partial charge in [0.05, 0.1) is 65.1 Å². The minimum atomic E-state index is -2.64. The topological polar surface area (TPSA) is 818 Å². The highest BCUT2D eigenvalue weighted by atomic mass is 16.8. The molecule has 10 rings (SSSR count). The number of ether oxygens (including phenoxy) is 19. The SMILES string of the molecule is CC(=O)N[C@@H]1[C@H](O[C@@H]2[C@@H](O[C@@H]3[C@H](O)[C@H](O[C@H]4[C@H](O)[C@@H](NC(C)=O)[C@H](O[C@H]5[C@H](O)[C@@H](NC(C)=O)[C@H](O)O[C@@H]5CO[C@H]5O[C@H](C)[C@H](O)[C@H](O)[C@H]5O)O[C@@H]4CO)O[C@H](CO[C@H]4O[C@H](CO)[C@@H](O)[C@H](O)[C@@H]4O[C@@H]4O[C@H](CO)[C@@H](O)[C@H](O)[C@H]4NC(C)=O)[C@H]3O)O[C@H](CO)[C@@H](O)[C@@H]2O)O[C@H](CO)[C@@H](O[C@@H]2O[C@H](CO)[C@H](O)[C@H](O)[C@H]2O)[C@@H]1O[C@@H]1O[C@@H](C)[C@@H](O)[C@@H](O)[C@@H]1O. The number of aliphatic hydroxyl groups excluding tert-OH is 26. The molecule has 0 spiro atoms. The van der Waals surface area contributed by atoms with Crippen molar-refractivity contribution in [1.29, 1.82) is 0 Å². The number of amides is 4. The third-order valence-electron chi connectivity index (χ3n) is 22.4. The molecule has 0 bridgehead atoms. The zero-order valence-corrected chi connectivity index (χ0v) is 65.5. The Morgan fingerprint density at radius 2 is 0.537 bits per heavy atom. The summed E-state index contributed by atoms with van der Waals surface area (Å²) < 4.78 is 114. The van der Waals surface area contributed by atoms with Gasteiger partial charge in [-0.25, -0.2) is 0 Å². The molecule has 0 aromatic carbocycles. The zero-order valence-electron chi connectivity index (χ0n) is 65.5. The Hall–Kier alpha value is -3.92. The molecule has 10 aliphatic rings. The lowest BCUT2D eigenvalue weighted by molar-refractivity contribution is -0.403. The van der Waals surface area contributed by atoms with Crippen molar-refractivity contribution >= 4 is 23.6 Å². The smallest absolute Gasteiger partial charge is 0.217 e. The van der Waals surface area contributed by atoms with Crippen LogP contribution in [0.4, 0.5) is 0 Å². The van der Waals surface area contributed by atoms with Gasteiger partial charge in [0.2, 0.25) is 23.6 Å². The third-order valence-corrected chi connectivity index (χ3v) is 22.4. The van der Waals surface area contributed by atoms with Crippen LogP contribution in [0.5, 0.6) is 0 Å². The molecule has 0 aromatic rings. The van der Waals surface area contributed by atoms with Crippen LogP contribution in [0.3, 0.4) is 0 Å². The Morgan fingerprint density at radius 3 is 1.05 bits per heavy atom. The fraction of sp³-hybridized carbons (Fsp3) is 0.941. The Kier molecular flexibility index (Phi) is 35.3. The van der Waals surface area contributed by atoms with Gasteiger partial charge in [-0.15, -0.1) is 0 Å². The lowest BCUT2D eigenvalue weighted by Crippen LogP contribution is -2.71. The Balaban J connectivity index is 1.01. The van der Waals surface area contributed by atoms with Crippen molar-refractivity contribution in [3.8, 4) is 0 Å². The molecule has 50 atom stereocenters. The summed E-state index contributed by atoms with van der Waals surface area (Å²) in [6.45, 7) is -2.57. The van der Waals surface area contributed by atoms with E-state index >= 15 is 0 Å². The molecule has 700 valence electrons. The summed E-state index contributed by atoms with van der Waals surface area (Å²) in [4.78, 5) is 51.8. The fourth-order valence-electron chi connectivity index (χ4n) is 15.7. The molecule has 0 radical (unpaired) electrons. The number of carbonyl (C=O) groups is 4. The summed E-state index contributed by atoms with van der Waals surface area (Å²) >= 11 is 0. The van der Waals surface area contributed by atoms with Crippen LogP contribution in [0.15, 0.2) is 0 Å². The second-order valence-corrected chi connectivity index (χ2v) is 31.0. The molecule has 0 aromatic heterocycles. The molecule has 0 saturated carbocycles. The van der Waals surface area contributed by atoms with Crippen LogP contribution in [0.1, 0.15) is 41.5 Å². The summed E-state index contributed by atoms with van der Waals surface area (Å²) in [7, 11) is 0. The van der Waals surface area contributed by atoms with E-state index in [0.29, 0.717) is 0 Å². The largest absolute Gasteiger partial charge is 0.394 e. The van der Waals surface area contributed by atoms with Gasteiger partial charge >= 0.3 is 0 Å². The van der Waals surface area contributed by atoms with Crippen LogP contribution in [0.25, 0.3) is 0 Å². The molecule has 10 saturated heterocycles. The molecule has 53 heteroatoms. The van der Waals surface area contributed by atoms with E-state index in [2.05, 4.69) is 21.3 Å². The maximum absolute atomic E-state index is 13.5. The number of hydrogen-bond donors (Lipinski definition) is 30. The number of rotatable bonds is 30. The molecule has 4 amide bonds. The number of nitrogens with one attached hydrogen (secondary N) is 4. The quantitative estimate of drug-likeness (QED) is 0.0318. The Bertz CT molecular complexity index is 3270. The van der Waals surface area contributed by atoms with Crippen molar-refractivity contribution in [3.63, 3.8) is 0 Å². The van der Waals surface area contributed by atoms with Crippen LogP contribution >= 0.6 is 0 Å². The van der Waals surface area contributed by atoms with Gasteiger partial charge < -0.3 is 244 Å². The van der Waals surface area contributed by atoms with E-state index in [9.17, 15) is 152 Å². The molecule has 0 unspecified atom stereocenters. The summed E-state index contributed by atoms with van der Waals surface area (Å²) in [6.07, 6.45) is -95.2. The van der Waals surface area contributed by atoms with E-state index in [4.69, 9.17) is 90.0 Å². The molecule has 10 fully saturated rings. The monoisotopic (exact) mass is 1770 g/mol. The third kappa shape index (κ3) is 22.0. The van der Waals surface area contributed by atoms with Crippen molar-refractivity contribution in [2.75, 3.05) is 52.9 Å². The molecule has 30 N–H and O–H groups in total. The highest BCUT2D eigenvalue weighted by Crippen LogP contribution is 2.41. The highest BCUT2D eigenvalue weighted by molar-refractivity contribution is 5.74. The van der Waals surface area contributed by atoms with E-state index in [1.807, 2.05) is 0 Å². The summed E-state index contributed by atoms with van der Waals surface area (Å²) in [6, 6.07) is -7.61. The molecule has 53 nitrogen and oxygen atoms in total. The lowest BCUT2D eigenvalue weighted by Gasteiger charge is -2.52. The number of carbonyl (C=O) groups excluding carboxylic acids is 4. The first-order valence-corrected chi connectivity index (χ1v) is 38.8. The van der Waals surface area contributed by atoms with Crippen LogP contribution in [0.2, 0.25) is 0 Å². The molecule has 121 heavy (non-hydrogen) atoms. The van der Waals surface area contributed by atoms with Crippen molar-refractivity contribution in [3.05, 3.63) is 0 Å². The van der Waals surface area contributed by atoms with E-state index < -0.39 is 383 Å². The van der Waals surface area contributed by atoms with Crippen molar-refractivity contribution in [2.45, 2.75) is 348 Å². The average molecular weight is 1770 g/mol. The number of aliphatic hydroxyl groups is 26. The van der Waals surface area contributed by atoms with Crippen molar-refractivity contribution in [2.24, 2.45) is 0 Å². The second-order valence-electron chi connectivity index (χ2n) is 31.0. The normalized spacial score (nSPS) is 50.0. The van der Waals surface area contributed by atoms with E-state index in [1.54, 1.807) is 0 Å².